The summed E-state index contributed by atoms with van der Waals surface area (Å²) in [6, 6.07) is 12.7. The quantitative estimate of drug-likeness (QED) is 0.755. The standard InChI is InChI=1S/C22H27N3O2S/c1-15-11-18(15)22(27)24-13-21(26)23-12-19(16-5-3-2-4-6-16)25-9-7-20-17(14-25)8-10-28-20/h2-6,8,10,15,18-19H,7,9,11-14H2,1H3,(H,23,26)(H,24,27)/t15-,18-,19+/m1/s1. The molecule has 0 bridgehead atoms. The van der Waals surface area contributed by atoms with Gasteiger partial charge in [0.25, 0.3) is 0 Å². The minimum Gasteiger partial charge on any atom is -0.353 e. The number of thiophene rings is 1. The number of carbonyl (C=O) groups excluding carboxylic acids is 2. The van der Waals surface area contributed by atoms with Gasteiger partial charge in [-0.3, -0.25) is 14.5 Å². The molecule has 28 heavy (non-hydrogen) atoms. The smallest absolute Gasteiger partial charge is 0.239 e. The van der Waals surface area contributed by atoms with Crippen molar-refractivity contribution in [1.82, 2.24) is 15.5 Å². The minimum atomic E-state index is -0.129. The zero-order valence-corrected chi connectivity index (χ0v) is 17.0. The summed E-state index contributed by atoms with van der Waals surface area (Å²) in [4.78, 5) is 28.1. The molecule has 3 atom stereocenters. The third kappa shape index (κ3) is 4.45. The van der Waals surface area contributed by atoms with E-state index in [4.69, 9.17) is 0 Å². The largest absolute Gasteiger partial charge is 0.353 e. The number of rotatable bonds is 7. The Balaban J connectivity index is 1.36. The molecule has 2 aromatic rings. The van der Waals surface area contributed by atoms with Crippen molar-refractivity contribution >= 4 is 23.2 Å². The Hall–Kier alpha value is -2.18. The van der Waals surface area contributed by atoms with Gasteiger partial charge in [-0.15, -0.1) is 11.3 Å². The molecule has 2 N–H and O–H groups in total. The van der Waals surface area contributed by atoms with Crippen molar-refractivity contribution < 1.29 is 9.59 Å². The highest BCUT2D eigenvalue weighted by molar-refractivity contribution is 7.10. The van der Waals surface area contributed by atoms with Gasteiger partial charge < -0.3 is 10.6 Å². The number of nitrogens with zero attached hydrogens (tertiary/aromatic N) is 1. The summed E-state index contributed by atoms with van der Waals surface area (Å²) in [5.41, 5.74) is 2.60. The molecule has 1 aromatic heterocycles. The van der Waals surface area contributed by atoms with Crippen LogP contribution in [0.5, 0.6) is 0 Å². The van der Waals surface area contributed by atoms with Crippen molar-refractivity contribution in [1.29, 1.82) is 0 Å². The van der Waals surface area contributed by atoms with E-state index in [1.165, 1.54) is 16.0 Å². The minimum absolute atomic E-state index is 0.00303. The molecule has 2 aliphatic rings. The third-order valence-electron chi connectivity index (χ3n) is 5.82. The third-order valence-corrected chi connectivity index (χ3v) is 6.85. The van der Waals surface area contributed by atoms with Crippen LogP contribution in [0.1, 0.15) is 35.4 Å². The van der Waals surface area contributed by atoms with E-state index in [2.05, 4.69) is 46.0 Å². The van der Waals surface area contributed by atoms with Crippen LogP contribution in [0.25, 0.3) is 0 Å². The number of nitrogens with one attached hydrogen (secondary N) is 2. The monoisotopic (exact) mass is 397 g/mol. The fourth-order valence-electron chi connectivity index (χ4n) is 3.93. The molecule has 5 nitrogen and oxygen atoms in total. The second-order valence-corrected chi connectivity index (χ2v) is 8.86. The molecule has 0 unspecified atom stereocenters. The Morgan fingerprint density at radius 3 is 2.75 bits per heavy atom. The molecule has 6 heteroatoms. The Morgan fingerprint density at radius 1 is 1.21 bits per heavy atom. The highest BCUT2D eigenvalue weighted by atomic mass is 32.1. The first-order valence-corrected chi connectivity index (χ1v) is 10.9. The highest BCUT2D eigenvalue weighted by Gasteiger charge is 2.39. The van der Waals surface area contributed by atoms with Crippen molar-refractivity contribution in [2.24, 2.45) is 11.8 Å². The topological polar surface area (TPSA) is 61.4 Å². The first kappa shape index (κ1) is 19.2. The van der Waals surface area contributed by atoms with Crippen LogP contribution in [-0.2, 0) is 22.6 Å². The van der Waals surface area contributed by atoms with E-state index in [-0.39, 0.29) is 30.3 Å². The lowest BCUT2D eigenvalue weighted by molar-refractivity contribution is -0.127. The van der Waals surface area contributed by atoms with Gasteiger partial charge in [-0.1, -0.05) is 37.3 Å². The maximum atomic E-state index is 12.3. The van der Waals surface area contributed by atoms with E-state index < -0.39 is 0 Å². The van der Waals surface area contributed by atoms with Crippen molar-refractivity contribution in [3.8, 4) is 0 Å². The van der Waals surface area contributed by atoms with Gasteiger partial charge in [0.1, 0.15) is 0 Å². The highest BCUT2D eigenvalue weighted by Crippen LogP contribution is 2.37. The van der Waals surface area contributed by atoms with Crippen molar-refractivity contribution in [2.45, 2.75) is 32.4 Å². The lowest BCUT2D eigenvalue weighted by atomic mass is 10.0. The molecular formula is C22H27N3O2S. The Bertz CT molecular complexity index is 835. The number of hydrogen-bond acceptors (Lipinski definition) is 4. The lowest BCUT2D eigenvalue weighted by Crippen LogP contribution is -2.43. The molecule has 0 radical (unpaired) electrons. The number of benzene rings is 1. The van der Waals surface area contributed by atoms with E-state index in [9.17, 15) is 9.59 Å². The van der Waals surface area contributed by atoms with Crippen LogP contribution in [0, 0.1) is 11.8 Å². The predicted molar refractivity (Wildman–Crippen MR) is 111 cm³/mol. The van der Waals surface area contributed by atoms with Crippen LogP contribution in [-0.4, -0.2) is 36.3 Å². The van der Waals surface area contributed by atoms with E-state index in [0.29, 0.717) is 12.5 Å². The van der Waals surface area contributed by atoms with E-state index in [1.807, 2.05) is 29.5 Å². The van der Waals surface area contributed by atoms with Gasteiger partial charge in [-0.2, -0.15) is 0 Å². The summed E-state index contributed by atoms with van der Waals surface area (Å²) < 4.78 is 0. The molecule has 2 heterocycles. The number of carbonyl (C=O) groups is 2. The van der Waals surface area contributed by atoms with Gasteiger partial charge in [0.05, 0.1) is 12.6 Å². The molecule has 1 aliphatic carbocycles. The lowest BCUT2D eigenvalue weighted by Gasteiger charge is -2.35. The van der Waals surface area contributed by atoms with Crippen molar-refractivity contribution in [3.05, 3.63) is 57.8 Å². The second kappa shape index (κ2) is 8.45. The SMILES string of the molecule is C[C@@H]1C[C@H]1C(=O)NCC(=O)NC[C@@H](c1ccccc1)N1CCc2sccc2C1. The van der Waals surface area contributed by atoms with E-state index in [1.54, 1.807) is 0 Å². The van der Waals surface area contributed by atoms with Gasteiger partial charge in [-0.25, -0.2) is 0 Å². The number of hydrogen-bond donors (Lipinski definition) is 2. The van der Waals surface area contributed by atoms with Gasteiger partial charge >= 0.3 is 0 Å². The van der Waals surface area contributed by atoms with Crippen LogP contribution in [0.15, 0.2) is 41.8 Å². The summed E-state index contributed by atoms with van der Waals surface area (Å²) in [5, 5.41) is 7.96. The summed E-state index contributed by atoms with van der Waals surface area (Å²) in [6.07, 6.45) is 1.99. The van der Waals surface area contributed by atoms with E-state index >= 15 is 0 Å². The summed E-state index contributed by atoms with van der Waals surface area (Å²) in [5.74, 6) is 0.420. The molecule has 2 amide bonds. The van der Waals surface area contributed by atoms with Crippen molar-refractivity contribution in [3.63, 3.8) is 0 Å². The van der Waals surface area contributed by atoms with Crippen LogP contribution in [0.2, 0.25) is 0 Å². The fourth-order valence-corrected chi connectivity index (χ4v) is 4.82. The molecule has 0 spiro atoms. The molecule has 1 aliphatic heterocycles. The van der Waals surface area contributed by atoms with Gasteiger partial charge in [0.15, 0.2) is 0 Å². The maximum absolute atomic E-state index is 12.3. The average Bonchev–Trinajstić information content (AvgIpc) is 3.26. The Labute approximate surface area is 170 Å². The van der Waals surface area contributed by atoms with Gasteiger partial charge in [0, 0.05) is 30.4 Å². The molecular weight excluding hydrogens is 370 g/mol. The molecule has 0 saturated heterocycles. The maximum Gasteiger partial charge on any atom is 0.239 e. The zero-order valence-electron chi connectivity index (χ0n) is 16.2. The molecule has 1 saturated carbocycles. The first-order chi connectivity index (χ1) is 13.6. The van der Waals surface area contributed by atoms with Gasteiger partial charge in [-0.05, 0) is 41.3 Å². The predicted octanol–water partition coefficient (Wildman–Crippen LogP) is 2.74. The first-order valence-electron chi connectivity index (χ1n) is 10.0. The molecule has 1 aromatic carbocycles. The average molecular weight is 398 g/mol. The number of fused-ring (bicyclic) bond motifs is 1. The fraction of sp³-hybridized carbons (Fsp3) is 0.455. The molecule has 148 valence electrons. The van der Waals surface area contributed by atoms with Crippen molar-refractivity contribution in [2.75, 3.05) is 19.6 Å². The number of amides is 2. The Kier molecular flexibility index (Phi) is 5.78. The normalized spacial score (nSPS) is 22.2. The summed E-state index contributed by atoms with van der Waals surface area (Å²) >= 11 is 1.83. The zero-order chi connectivity index (χ0) is 19.5. The van der Waals surface area contributed by atoms with Crippen LogP contribution < -0.4 is 10.6 Å². The van der Waals surface area contributed by atoms with Gasteiger partial charge in [0.2, 0.25) is 11.8 Å². The van der Waals surface area contributed by atoms with E-state index in [0.717, 1.165) is 25.9 Å². The van der Waals surface area contributed by atoms with Crippen LogP contribution >= 0.6 is 11.3 Å². The van der Waals surface area contributed by atoms with Crippen LogP contribution in [0.4, 0.5) is 0 Å². The summed E-state index contributed by atoms with van der Waals surface area (Å²) in [6.45, 7) is 4.55. The second-order valence-electron chi connectivity index (χ2n) is 7.86. The van der Waals surface area contributed by atoms with Crippen LogP contribution in [0.3, 0.4) is 0 Å². The molecule has 1 fully saturated rings. The molecule has 4 rings (SSSR count). The Morgan fingerprint density at radius 2 is 2.00 bits per heavy atom. The summed E-state index contributed by atoms with van der Waals surface area (Å²) in [7, 11) is 0.